The van der Waals surface area contributed by atoms with Crippen LogP contribution in [0.2, 0.25) is 0 Å². The molecule has 0 atom stereocenters. The SMILES string of the molecule is COc1ccc(CNC(=O)CN(C)CC(=O)Nc2cccc(C)c2C)cc1OC. The number of carbonyl (C=O) groups excluding carboxylic acids is 2. The first-order chi connectivity index (χ1) is 13.8. The lowest BCUT2D eigenvalue weighted by Crippen LogP contribution is -2.38. The Morgan fingerprint density at radius 2 is 1.66 bits per heavy atom. The third-order valence-corrected chi connectivity index (χ3v) is 4.64. The lowest BCUT2D eigenvalue weighted by Gasteiger charge is -2.17. The maximum atomic E-state index is 12.3. The van der Waals surface area contributed by atoms with E-state index >= 15 is 0 Å². The molecule has 156 valence electrons. The summed E-state index contributed by atoms with van der Waals surface area (Å²) in [5.41, 5.74) is 3.84. The Labute approximate surface area is 172 Å². The Bertz CT molecular complexity index is 867. The molecule has 2 aromatic rings. The zero-order valence-electron chi connectivity index (χ0n) is 17.7. The van der Waals surface area contributed by atoms with Crippen molar-refractivity contribution in [1.29, 1.82) is 0 Å². The molecule has 0 fully saturated rings. The highest BCUT2D eigenvalue weighted by Gasteiger charge is 2.12. The predicted octanol–water partition coefficient (Wildman–Crippen LogP) is 2.51. The van der Waals surface area contributed by atoms with Crippen LogP contribution in [0.5, 0.6) is 11.5 Å². The van der Waals surface area contributed by atoms with Crippen molar-refractivity contribution < 1.29 is 19.1 Å². The first-order valence-electron chi connectivity index (χ1n) is 9.36. The summed E-state index contributed by atoms with van der Waals surface area (Å²) >= 11 is 0. The molecule has 0 aliphatic carbocycles. The molecule has 0 aromatic heterocycles. The Hall–Kier alpha value is -3.06. The van der Waals surface area contributed by atoms with Gasteiger partial charge in [0.25, 0.3) is 0 Å². The molecule has 0 radical (unpaired) electrons. The van der Waals surface area contributed by atoms with Crippen LogP contribution in [-0.2, 0) is 16.1 Å². The average molecular weight is 399 g/mol. The second-order valence-electron chi connectivity index (χ2n) is 6.93. The third-order valence-electron chi connectivity index (χ3n) is 4.64. The first kappa shape index (κ1) is 22.2. The molecule has 2 aromatic carbocycles. The quantitative estimate of drug-likeness (QED) is 0.677. The van der Waals surface area contributed by atoms with Gasteiger partial charge < -0.3 is 20.1 Å². The molecule has 7 nitrogen and oxygen atoms in total. The van der Waals surface area contributed by atoms with Gasteiger partial charge in [0, 0.05) is 12.2 Å². The molecule has 2 N–H and O–H groups in total. The van der Waals surface area contributed by atoms with Crippen molar-refractivity contribution in [3.63, 3.8) is 0 Å². The number of hydrogen-bond acceptors (Lipinski definition) is 5. The van der Waals surface area contributed by atoms with Crippen LogP contribution in [0.15, 0.2) is 36.4 Å². The van der Waals surface area contributed by atoms with Gasteiger partial charge in [0.05, 0.1) is 27.3 Å². The number of methoxy groups -OCH3 is 2. The van der Waals surface area contributed by atoms with Crippen molar-refractivity contribution in [2.45, 2.75) is 20.4 Å². The molecule has 0 aliphatic heterocycles. The minimum absolute atomic E-state index is 0.119. The van der Waals surface area contributed by atoms with E-state index in [0.29, 0.717) is 18.0 Å². The molecule has 0 heterocycles. The summed E-state index contributed by atoms with van der Waals surface area (Å²) < 4.78 is 10.5. The van der Waals surface area contributed by atoms with E-state index in [-0.39, 0.29) is 24.9 Å². The van der Waals surface area contributed by atoms with Crippen molar-refractivity contribution in [2.24, 2.45) is 0 Å². The molecular formula is C22H29N3O4. The van der Waals surface area contributed by atoms with Crippen molar-refractivity contribution in [2.75, 3.05) is 39.7 Å². The fourth-order valence-corrected chi connectivity index (χ4v) is 2.87. The summed E-state index contributed by atoms with van der Waals surface area (Å²) in [5.74, 6) is 0.923. The minimum atomic E-state index is -0.165. The van der Waals surface area contributed by atoms with Crippen LogP contribution in [0, 0.1) is 13.8 Å². The van der Waals surface area contributed by atoms with Gasteiger partial charge in [0.1, 0.15) is 0 Å². The number of rotatable bonds is 9. The summed E-state index contributed by atoms with van der Waals surface area (Å²) in [6.07, 6.45) is 0. The van der Waals surface area contributed by atoms with Crippen molar-refractivity contribution in [3.8, 4) is 11.5 Å². The molecule has 0 saturated carbocycles. The largest absolute Gasteiger partial charge is 0.493 e. The molecule has 29 heavy (non-hydrogen) atoms. The summed E-state index contributed by atoms with van der Waals surface area (Å²) in [6.45, 7) is 4.57. The van der Waals surface area contributed by atoms with Gasteiger partial charge in [-0.25, -0.2) is 0 Å². The highest BCUT2D eigenvalue weighted by Crippen LogP contribution is 2.27. The van der Waals surface area contributed by atoms with E-state index in [1.165, 1.54) is 0 Å². The Morgan fingerprint density at radius 3 is 2.34 bits per heavy atom. The molecule has 2 amide bonds. The highest BCUT2D eigenvalue weighted by molar-refractivity contribution is 5.93. The average Bonchev–Trinajstić information content (AvgIpc) is 2.69. The minimum Gasteiger partial charge on any atom is -0.493 e. The summed E-state index contributed by atoms with van der Waals surface area (Å²) in [4.78, 5) is 26.1. The molecular weight excluding hydrogens is 370 g/mol. The van der Waals surface area contributed by atoms with E-state index in [1.807, 2.05) is 44.2 Å². The lowest BCUT2D eigenvalue weighted by molar-refractivity contribution is -0.123. The molecule has 7 heteroatoms. The fourth-order valence-electron chi connectivity index (χ4n) is 2.87. The second-order valence-corrected chi connectivity index (χ2v) is 6.93. The third kappa shape index (κ3) is 6.50. The number of benzene rings is 2. The van der Waals surface area contributed by atoms with Gasteiger partial charge >= 0.3 is 0 Å². The number of aryl methyl sites for hydroxylation is 1. The zero-order chi connectivity index (χ0) is 21.4. The van der Waals surface area contributed by atoms with Crippen LogP contribution in [0.1, 0.15) is 16.7 Å². The van der Waals surface area contributed by atoms with Gasteiger partial charge in [0.2, 0.25) is 11.8 Å². The number of amides is 2. The van der Waals surface area contributed by atoms with Crippen molar-refractivity contribution in [3.05, 3.63) is 53.1 Å². The Balaban J connectivity index is 1.81. The Morgan fingerprint density at radius 1 is 0.966 bits per heavy atom. The van der Waals surface area contributed by atoms with E-state index in [4.69, 9.17) is 9.47 Å². The van der Waals surface area contributed by atoms with E-state index in [0.717, 1.165) is 22.4 Å². The maximum absolute atomic E-state index is 12.3. The first-order valence-corrected chi connectivity index (χ1v) is 9.36. The molecule has 0 bridgehead atoms. The number of nitrogens with one attached hydrogen (secondary N) is 2. The van der Waals surface area contributed by atoms with E-state index in [1.54, 1.807) is 32.2 Å². The lowest BCUT2D eigenvalue weighted by atomic mass is 10.1. The number of anilines is 1. The summed E-state index contributed by atoms with van der Waals surface area (Å²) in [6, 6.07) is 11.3. The van der Waals surface area contributed by atoms with Crippen LogP contribution < -0.4 is 20.1 Å². The van der Waals surface area contributed by atoms with Gasteiger partial charge in [-0.15, -0.1) is 0 Å². The summed E-state index contributed by atoms with van der Waals surface area (Å²) in [5, 5.41) is 5.75. The molecule has 0 aliphatic rings. The topological polar surface area (TPSA) is 79.9 Å². The monoisotopic (exact) mass is 399 g/mol. The number of carbonyl (C=O) groups is 2. The van der Waals surface area contributed by atoms with Crippen molar-refractivity contribution in [1.82, 2.24) is 10.2 Å². The highest BCUT2D eigenvalue weighted by atomic mass is 16.5. The normalized spacial score (nSPS) is 10.6. The predicted molar refractivity (Wildman–Crippen MR) is 113 cm³/mol. The van der Waals surface area contributed by atoms with Gasteiger partial charge in [-0.2, -0.15) is 0 Å². The van der Waals surface area contributed by atoms with Gasteiger partial charge in [0.15, 0.2) is 11.5 Å². The van der Waals surface area contributed by atoms with E-state index < -0.39 is 0 Å². The van der Waals surface area contributed by atoms with Crippen LogP contribution in [0.25, 0.3) is 0 Å². The van der Waals surface area contributed by atoms with Crippen LogP contribution in [0.3, 0.4) is 0 Å². The molecule has 2 rings (SSSR count). The summed E-state index contributed by atoms with van der Waals surface area (Å²) in [7, 11) is 4.88. The second kappa shape index (κ2) is 10.5. The number of nitrogens with zero attached hydrogens (tertiary/aromatic N) is 1. The Kier molecular flexibility index (Phi) is 8.03. The van der Waals surface area contributed by atoms with Gasteiger partial charge in [-0.3, -0.25) is 14.5 Å². The standard InChI is InChI=1S/C22H29N3O4/c1-15-7-6-8-18(16(15)2)24-22(27)14-25(3)13-21(26)23-12-17-9-10-19(28-4)20(11-17)29-5/h6-11H,12-14H2,1-5H3,(H,23,26)(H,24,27). The van der Waals surface area contributed by atoms with E-state index in [2.05, 4.69) is 10.6 Å². The number of ether oxygens (including phenoxy) is 2. The molecule has 0 spiro atoms. The smallest absolute Gasteiger partial charge is 0.238 e. The number of hydrogen-bond donors (Lipinski definition) is 2. The maximum Gasteiger partial charge on any atom is 0.238 e. The molecule has 0 unspecified atom stereocenters. The fraction of sp³-hybridized carbons (Fsp3) is 0.364. The molecule has 0 saturated heterocycles. The number of likely N-dealkylation sites (N-methyl/N-ethyl adjacent to an activating group) is 1. The van der Waals surface area contributed by atoms with Crippen LogP contribution in [0.4, 0.5) is 5.69 Å². The van der Waals surface area contributed by atoms with Gasteiger partial charge in [-0.05, 0) is 55.8 Å². The van der Waals surface area contributed by atoms with Crippen LogP contribution in [-0.4, -0.2) is 51.1 Å². The zero-order valence-corrected chi connectivity index (χ0v) is 17.7. The van der Waals surface area contributed by atoms with Crippen LogP contribution >= 0.6 is 0 Å². The van der Waals surface area contributed by atoms with Crippen molar-refractivity contribution >= 4 is 17.5 Å². The van der Waals surface area contributed by atoms with Gasteiger partial charge in [-0.1, -0.05) is 18.2 Å². The van der Waals surface area contributed by atoms with E-state index in [9.17, 15) is 9.59 Å².